The minimum Gasteiger partial charge on any atom is -0.391 e. The molecule has 1 fully saturated rings. The number of aliphatic hydroxyl groups is 1. The quantitative estimate of drug-likeness (QED) is 0.684. The van der Waals surface area contributed by atoms with Crippen molar-refractivity contribution in [3.8, 4) is 0 Å². The molecule has 0 spiro atoms. The Labute approximate surface area is 107 Å². The number of carbonyl (C=O) groups is 1. The number of rotatable bonds is 6. The van der Waals surface area contributed by atoms with E-state index in [1.54, 1.807) is 0 Å². The lowest BCUT2D eigenvalue weighted by atomic mass is 10.1. The molecule has 0 saturated heterocycles. The number of amides is 1. The SMILES string of the molecule is N[C@H](Cc1ccccc1)C(=O)NCC(O)C1CC1. The van der Waals surface area contributed by atoms with Crippen molar-refractivity contribution in [1.82, 2.24) is 5.32 Å². The molecule has 1 aliphatic rings. The minimum absolute atomic E-state index is 0.196. The Bertz CT molecular complexity index is 390. The van der Waals surface area contributed by atoms with E-state index in [9.17, 15) is 9.90 Å². The predicted molar refractivity (Wildman–Crippen MR) is 69.9 cm³/mol. The van der Waals surface area contributed by atoms with Crippen LogP contribution in [0.1, 0.15) is 18.4 Å². The van der Waals surface area contributed by atoms with E-state index >= 15 is 0 Å². The summed E-state index contributed by atoms with van der Waals surface area (Å²) in [5, 5.41) is 12.4. The van der Waals surface area contributed by atoms with E-state index in [0.29, 0.717) is 18.9 Å². The Morgan fingerprint density at radius 1 is 1.39 bits per heavy atom. The van der Waals surface area contributed by atoms with Gasteiger partial charge in [0.2, 0.25) is 5.91 Å². The molecule has 0 heterocycles. The highest BCUT2D eigenvalue weighted by atomic mass is 16.3. The highest BCUT2D eigenvalue weighted by molar-refractivity contribution is 5.81. The van der Waals surface area contributed by atoms with Gasteiger partial charge >= 0.3 is 0 Å². The van der Waals surface area contributed by atoms with Crippen LogP contribution in [0.25, 0.3) is 0 Å². The van der Waals surface area contributed by atoms with E-state index < -0.39 is 12.1 Å². The van der Waals surface area contributed by atoms with Gasteiger partial charge in [-0.1, -0.05) is 30.3 Å². The van der Waals surface area contributed by atoms with E-state index in [1.165, 1.54) is 0 Å². The lowest BCUT2D eigenvalue weighted by Gasteiger charge is -2.15. The zero-order valence-corrected chi connectivity index (χ0v) is 10.4. The van der Waals surface area contributed by atoms with Crippen molar-refractivity contribution in [2.45, 2.75) is 31.4 Å². The van der Waals surface area contributed by atoms with E-state index in [1.807, 2.05) is 30.3 Å². The van der Waals surface area contributed by atoms with Gasteiger partial charge in [0.15, 0.2) is 0 Å². The first-order valence-electron chi connectivity index (χ1n) is 6.42. The number of hydrogen-bond acceptors (Lipinski definition) is 3. The lowest BCUT2D eigenvalue weighted by molar-refractivity contribution is -0.122. The molecule has 0 aliphatic heterocycles. The summed E-state index contributed by atoms with van der Waals surface area (Å²) in [6.45, 7) is 0.311. The zero-order valence-electron chi connectivity index (χ0n) is 10.4. The molecule has 1 aliphatic carbocycles. The summed E-state index contributed by atoms with van der Waals surface area (Å²) in [4.78, 5) is 11.7. The second-order valence-corrected chi connectivity index (χ2v) is 4.95. The van der Waals surface area contributed by atoms with Crippen molar-refractivity contribution < 1.29 is 9.90 Å². The van der Waals surface area contributed by atoms with Crippen LogP contribution < -0.4 is 11.1 Å². The Hall–Kier alpha value is -1.39. The molecular weight excluding hydrogens is 228 g/mol. The van der Waals surface area contributed by atoms with Crippen LogP contribution in [0, 0.1) is 5.92 Å². The zero-order chi connectivity index (χ0) is 13.0. The molecule has 0 radical (unpaired) electrons. The number of nitrogens with two attached hydrogens (primary N) is 1. The second kappa shape index (κ2) is 5.98. The topological polar surface area (TPSA) is 75.4 Å². The molecule has 0 aromatic heterocycles. The summed E-state index contributed by atoms with van der Waals surface area (Å²) in [6.07, 6.45) is 2.23. The van der Waals surface area contributed by atoms with Crippen molar-refractivity contribution in [3.63, 3.8) is 0 Å². The third kappa shape index (κ3) is 3.82. The van der Waals surface area contributed by atoms with Crippen LogP contribution >= 0.6 is 0 Å². The first kappa shape index (κ1) is 13.1. The average molecular weight is 248 g/mol. The molecule has 4 heteroatoms. The van der Waals surface area contributed by atoms with Gasteiger partial charge in [0.05, 0.1) is 12.1 Å². The van der Waals surface area contributed by atoms with Crippen molar-refractivity contribution in [3.05, 3.63) is 35.9 Å². The summed E-state index contributed by atoms with van der Waals surface area (Å²) in [5.41, 5.74) is 6.88. The summed E-state index contributed by atoms with van der Waals surface area (Å²) >= 11 is 0. The molecule has 1 aromatic carbocycles. The molecule has 4 N–H and O–H groups in total. The maximum atomic E-state index is 11.7. The van der Waals surface area contributed by atoms with Crippen LogP contribution in [0.15, 0.2) is 30.3 Å². The van der Waals surface area contributed by atoms with Gasteiger partial charge in [0, 0.05) is 6.54 Å². The fraction of sp³-hybridized carbons (Fsp3) is 0.500. The van der Waals surface area contributed by atoms with Crippen molar-refractivity contribution in [2.75, 3.05) is 6.54 Å². The molecule has 1 aromatic rings. The molecule has 98 valence electrons. The Kier molecular flexibility index (Phi) is 4.33. The number of aliphatic hydroxyl groups excluding tert-OH is 1. The molecule has 1 saturated carbocycles. The fourth-order valence-electron chi connectivity index (χ4n) is 1.94. The number of carbonyl (C=O) groups excluding carboxylic acids is 1. The van der Waals surface area contributed by atoms with Crippen LogP contribution in [0.4, 0.5) is 0 Å². The molecule has 2 rings (SSSR count). The predicted octanol–water partition coefficient (Wildman–Crippen LogP) is 0.443. The molecule has 18 heavy (non-hydrogen) atoms. The van der Waals surface area contributed by atoms with Crippen molar-refractivity contribution in [2.24, 2.45) is 11.7 Å². The van der Waals surface area contributed by atoms with Gasteiger partial charge in [-0.3, -0.25) is 4.79 Å². The van der Waals surface area contributed by atoms with E-state index in [-0.39, 0.29) is 5.91 Å². The van der Waals surface area contributed by atoms with Crippen molar-refractivity contribution in [1.29, 1.82) is 0 Å². The number of nitrogens with one attached hydrogen (secondary N) is 1. The molecule has 0 bridgehead atoms. The van der Waals surface area contributed by atoms with Crippen LogP contribution in [0.5, 0.6) is 0 Å². The van der Waals surface area contributed by atoms with Gasteiger partial charge in [-0.05, 0) is 30.7 Å². The maximum absolute atomic E-state index is 11.7. The van der Waals surface area contributed by atoms with Crippen molar-refractivity contribution >= 4 is 5.91 Å². The molecule has 2 atom stereocenters. The van der Waals surface area contributed by atoms with E-state index in [4.69, 9.17) is 5.73 Å². The summed E-state index contributed by atoms with van der Waals surface area (Å²) in [7, 11) is 0. The van der Waals surface area contributed by atoms with Crippen LogP contribution in [-0.2, 0) is 11.2 Å². The fourth-order valence-corrected chi connectivity index (χ4v) is 1.94. The van der Waals surface area contributed by atoms with Gasteiger partial charge < -0.3 is 16.2 Å². The standard InChI is InChI=1S/C14H20N2O2/c15-12(8-10-4-2-1-3-5-10)14(18)16-9-13(17)11-6-7-11/h1-5,11-13,17H,6-9,15H2,(H,16,18)/t12-,13?/m1/s1. The Morgan fingerprint density at radius 3 is 2.67 bits per heavy atom. The molecule has 1 unspecified atom stereocenters. The summed E-state index contributed by atoms with van der Waals surface area (Å²) in [5.74, 6) is 0.175. The lowest BCUT2D eigenvalue weighted by Crippen LogP contribution is -2.44. The molecule has 1 amide bonds. The second-order valence-electron chi connectivity index (χ2n) is 4.95. The van der Waals surface area contributed by atoms with Gasteiger partial charge in [0.1, 0.15) is 0 Å². The van der Waals surface area contributed by atoms with Gasteiger partial charge in [0.25, 0.3) is 0 Å². The number of hydrogen-bond donors (Lipinski definition) is 3. The Morgan fingerprint density at radius 2 is 2.06 bits per heavy atom. The maximum Gasteiger partial charge on any atom is 0.237 e. The Balaban J connectivity index is 1.74. The normalized spacial score (nSPS) is 18.1. The van der Waals surface area contributed by atoms with Crippen LogP contribution in [-0.4, -0.2) is 29.7 Å². The van der Waals surface area contributed by atoms with Crippen LogP contribution in [0.2, 0.25) is 0 Å². The monoisotopic (exact) mass is 248 g/mol. The van der Waals surface area contributed by atoms with E-state index in [0.717, 1.165) is 18.4 Å². The minimum atomic E-state index is -0.557. The molecular formula is C14H20N2O2. The summed E-state index contributed by atoms with van der Waals surface area (Å²) < 4.78 is 0. The highest BCUT2D eigenvalue weighted by Crippen LogP contribution is 2.32. The smallest absolute Gasteiger partial charge is 0.237 e. The van der Waals surface area contributed by atoms with Gasteiger partial charge in [-0.25, -0.2) is 0 Å². The van der Waals surface area contributed by atoms with Crippen LogP contribution in [0.3, 0.4) is 0 Å². The third-order valence-electron chi connectivity index (χ3n) is 3.29. The molecule has 4 nitrogen and oxygen atoms in total. The average Bonchev–Trinajstić information content (AvgIpc) is 3.21. The number of benzene rings is 1. The first-order chi connectivity index (χ1) is 8.66. The third-order valence-corrected chi connectivity index (χ3v) is 3.29. The first-order valence-corrected chi connectivity index (χ1v) is 6.42. The largest absolute Gasteiger partial charge is 0.391 e. The van der Waals surface area contributed by atoms with E-state index in [2.05, 4.69) is 5.32 Å². The van der Waals surface area contributed by atoms with Gasteiger partial charge in [-0.15, -0.1) is 0 Å². The highest BCUT2D eigenvalue weighted by Gasteiger charge is 2.30. The summed E-state index contributed by atoms with van der Waals surface area (Å²) in [6, 6.07) is 9.13. The van der Waals surface area contributed by atoms with Gasteiger partial charge in [-0.2, -0.15) is 0 Å².